The van der Waals surface area contributed by atoms with Crippen LogP contribution in [0.1, 0.15) is 20.8 Å². The molecule has 1 aromatic carbocycles. The number of rotatable bonds is 4. The van der Waals surface area contributed by atoms with Gasteiger partial charge >= 0.3 is 5.97 Å². The van der Waals surface area contributed by atoms with E-state index in [2.05, 4.69) is 4.85 Å². The highest BCUT2D eigenvalue weighted by atomic mass is 32.1. The van der Waals surface area contributed by atoms with Gasteiger partial charge in [-0.1, -0.05) is 12.1 Å². The molecule has 1 fully saturated rings. The van der Waals surface area contributed by atoms with Gasteiger partial charge in [-0.15, -0.1) is 11.3 Å². The number of nitrogens with zero attached hydrogens (tertiary/aromatic N) is 2. The third-order valence-corrected chi connectivity index (χ3v) is 5.13. The van der Waals surface area contributed by atoms with Crippen molar-refractivity contribution in [3.63, 3.8) is 0 Å². The first-order valence-electron chi connectivity index (χ1n) is 7.43. The van der Waals surface area contributed by atoms with Crippen LogP contribution in [0.5, 0.6) is 0 Å². The smallest absolute Gasteiger partial charge is 0.344 e. The molecule has 0 atom stereocenters. The van der Waals surface area contributed by atoms with Crippen LogP contribution in [0, 0.1) is 12.4 Å². The number of carboxylic acid groups (broad SMARTS) is 1. The second-order valence-electron chi connectivity index (χ2n) is 5.38. The van der Waals surface area contributed by atoms with E-state index in [1.807, 2.05) is 4.90 Å². The lowest BCUT2D eigenvalue weighted by Crippen LogP contribution is -2.35. The van der Waals surface area contributed by atoms with Gasteiger partial charge in [-0.25, -0.2) is 14.0 Å². The van der Waals surface area contributed by atoms with Crippen molar-refractivity contribution in [2.24, 2.45) is 0 Å². The predicted octanol–water partition coefficient (Wildman–Crippen LogP) is 3.56. The predicted molar refractivity (Wildman–Crippen MR) is 89.8 cm³/mol. The van der Waals surface area contributed by atoms with Crippen molar-refractivity contribution in [2.45, 2.75) is 6.42 Å². The quantitative estimate of drug-likeness (QED) is 0.860. The topological polar surface area (TPSA) is 54.1 Å². The Morgan fingerprint density at radius 2 is 2.00 bits per heavy atom. The number of benzene rings is 1. The Bertz CT molecular complexity index is 789. The van der Waals surface area contributed by atoms with E-state index in [1.165, 1.54) is 12.1 Å². The molecule has 0 radical (unpaired) electrons. The number of aromatic carboxylic acids is 1. The SMILES string of the molecule is [C-]#[N+]c1c(N2CCOCC2)sc(C(=O)O)c1Cc1ccc(F)cc1. The zero-order valence-electron chi connectivity index (χ0n) is 12.8. The Labute approximate surface area is 142 Å². The fourth-order valence-corrected chi connectivity index (χ4v) is 3.83. The van der Waals surface area contributed by atoms with E-state index in [-0.39, 0.29) is 10.7 Å². The lowest BCUT2D eigenvalue weighted by atomic mass is 10.0. The molecule has 5 nitrogen and oxygen atoms in total. The Morgan fingerprint density at radius 1 is 1.33 bits per heavy atom. The summed E-state index contributed by atoms with van der Waals surface area (Å²) < 4.78 is 18.4. The number of carboxylic acids is 1. The second kappa shape index (κ2) is 6.99. The van der Waals surface area contributed by atoms with Gasteiger partial charge in [0, 0.05) is 13.1 Å². The fraction of sp³-hybridized carbons (Fsp3) is 0.294. The summed E-state index contributed by atoms with van der Waals surface area (Å²) >= 11 is 1.13. The van der Waals surface area contributed by atoms with Crippen molar-refractivity contribution in [1.29, 1.82) is 0 Å². The molecule has 3 rings (SSSR count). The maximum atomic E-state index is 13.1. The third kappa shape index (κ3) is 3.25. The first-order valence-corrected chi connectivity index (χ1v) is 8.25. The molecule has 124 valence electrons. The molecule has 1 saturated heterocycles. The van der Waals surface area contributed by atoms with Gasteiger partial charge in [0.1, 0.15) is 10.7 Å². The van der Waals surface area contributed by atoms with E-state index in [9.17, 15) is 14.3 Å². The van der Waals surface area contributed by atoms with Crippen LogP contribution in [-0.4, -0.2) is 37.4 Å². The van der Waals surface area contributed by atoms with Crippen molar-refractivity contribution in [1.82, 2.24) is 0 Å². The highest BCUT2D eigenvalue weighted by Gasteiger charge is 2.26. The normalized spacial score (nSPS) is 14.4. The van der Waals surface area contributed by atoms with Gasteiger partial charge in [0.2, 0.25) is 5.69 Å². The van der Waals surface area contributed by atoms with Crippen molar-refractivity contribution < 1.29 is 19.0 Å². The monoisotopic (exact) mass is 346 g/mol. The van der Waals surface area contributed by atoms with Gasteiger partial charge in [0.05, 0.1) is 24.8 Å². The number of ether oxygens (including phenoxy) is 1. The van der Waals surface area contributed by atoms with Gasteiger partial charge in [-0.2, -0.15) is 0 Å². The standard InChI is InChI=1S/C17H15FN2O3S/c1-19-14-13(10-11-2-4-12(18)5-3-11)15(17(21)22)24-16(14)20-6-8-23-9-7-20/h2-5H,6-10H2,(H,21,22). The number of hydrogen-bond donors (Lipinski definition) is 1. The minimum absolute atomic E-state index is 0.173. The van der Waals surface area contributed by atoms with Crippen LogP contribution in [0.2, 0.25) is 0 Å². The van der Waals surface area contributed by atoms with Gasteiger partial charge < -0.3 is 14.7 Å². The van der Waals surface area contributed by atoms with Crippen molar-refractivity contribution in [2.75, 3.05) is 31.2 Å². The van der Waals surface area contributed by atoms with E-state index in [0.717, 1.165) is 16.9 Å². The fourth-order valence-electron chi connectivity index (χ4n) is 2.68. The summed E-state index contributed by atoms with van der Waals surface area (Å²) in [5.41, 5.74) is 1.65. The number of carbonyl (C=O) groups is 1. The van der Waals surface area contributed by atoms with E-state index >= 15 is 0 Å². The Kier molecular flexibility index (Phi) is 4.79. The average molecular weight is 346 g/mol. The number of thiophene rings is 1. The molecule has 24 heavy (non-hydrogen) atoms. The minimum atomic E-state index is -1.04. The molecule has 2 heterocycles. The van der Waals surface area contributed by atoms with E-state index in [0.29, 0.717) is 49.0 Å². The molecular formula is C17H15FN2O3S. The minimum Gasteiger partial charge on any atom is -0.477 e. The molecule has 7 heteroatoms. The molecule has 0 unspecified atom stereocenters. The maximum absolute atomic E-state index is 13.1. The zero-order chi connectivity index (χ0) is 17.1. The van der Waals surface area contributed by atoms with Crippen LogP contribution in [-0.2, 0) is 11.2 Å². The molecule has 0 amide bonds. The molecular weight excluding hydrogens is 331 g/mol. The van der Waals surface area contributed by atoms with Crippen LogP contribution in [0.4, 0.5) is 15.1 Å². The summed E-state index contributed by atoms with van der Waals surface area (Å²) in [4.78, 5) is 17.4. The van der Waals surface area contributed by atoms with Gasteiger partial charge in [0.15, 0.2) is 0 Å². The molecule has 1 aliphatic rings. The lowest BCUT2D eigenvalue weighted by Gasteiger charge is -2.28. The van der Waals surface area contributed by atoms with E-state index in [4.69, 9.17) is 11.3 Å². The van der Waals surface area contributed by atoms with Crippen molar-refractivity contribution >= 4 is 28.0 Å². The van der Waals surface area contributed by atoms with Crippen LogP contribution < -0.4 is 4.90 Å². The molecule has 1 N–H and O–H groups in total. The second-order valence-corrected chi connectivity index (χ2v) is 6.38. The number of anilines is 1. The van der Waals surface area contributed by atoms with Crippen LogP contribution in [0.15, 0.2) is 24.3 Å². The summed E-state index contributed by atoms with van der Waals surface area (Å²) in [6.45, 7) is 9.91. The summed E-state index contributed by atoms with van der Waals surface area (Å²) in [6.07, 6.45) is 0.292. The number of morpholine rings is 1. The summed E-state index contributed by atoms with van der Waals surface area (Å²) in [5.74, 6) is -1.39. The summed E-state index contributed by atoms with van der Waals surface area (Å²) in [6, 6.07) is 5.90. The highest BCUT2D eigenvalue weighted by Crippen LogP contribution is 2.44. The highest BCUT2D eigenvalue weighted by molar-refractivity contribution is 7.18. The summed E-state index contributed by atoms with van der Waals surface area (Å²) in [7, 11) is 0. The average Bonchev–Trinajstić information content (AvgIpc) is 2.96. The number of halogens is 1. The Morgan fingerprint density at radius 3 is 2.58 bits per heavy atom. The Hall–Kier alpha value is -2.43. The zero-order valence-corrected chi connectivity index (χ0v) is 13.6. The first-order chi connectivity index (χ1) is 11.6. The van der Waals surface area contributed by atoms with Crippen LogP contribution in [0.3, 0.4) is 0 Å². The molecule has 2 aromatic rings. The van der Waals surface area contributed by atoms with Crippen LogP contribution in [0.25, 0.3) is 4.85 Å². The largest absolute Gasteiger partial charge is 0.477 e. The molecule has 1 aliphatic heterocycles. The molecule has 0 bridgehead atoms. The molecule has 0 saturated carbocycles. The van der Waals surface area contributed by atoms with Crippen LogP contribution >= 0.6 is 11.3 Å². The molecule has 1 aromatic heterocycles. The molecule has 0 spiro atoms. The van der Waals surface area contributed by atoms with Crippen molar-refractivity contribution in [3.05, 3.63) is 57.5 Å². The first kappa shape index (κ1) is 16.4. The summed E-state index contributed by atoms with van der Waals surface area (Å²) in [5, 5.41) is 10.2. The van der Waals surface area contributed by atoms with Crippen molar-refractivity contribution in [3.8, 4) is 0 Å². The van der Waals surface area contributed by atoms with E-state index < -0.39 is 5.97 Å². The van der Waals surface area contributed by atoms with Gasteiger partial charge in [-0.3, -0.25) is 0 Å². The van der Waals surface area contributed by atoms with Gasteiger partial charge in [0.25, 0.3) is 0 Å². The maximum Gasteiger partial charge on any atom is 0.344 e. The van der Waals surface area contributed by atoms with Gasteiger partial charge in [-0.05, 0) is 29.7 Å². The molecule has 0 aliphatic carbocycles. The Balaban J connectivity index is 2.02. The third-order valence-electron chi connectivity index (χ3n) is 3.86. The van der Waals surface area contributed by atoms with E-state index in [1.54, 1.807) is 12.1 Å². The number of hydrogen-bond acceptors (Lipinski definition) is 4. The lowest BCUT2D eigenvalue weighted by molar-refractivity contribution is 0.0701.